The van der Waals surface area contributed by atoms with E-state index in [1.807, 2.05) is 32.9 Å². The van der Waals surface area contributed by atoms with Gasteiger partial charge in [-0.1, -0.05) is 45.0 Å². The minimum atomic E-state index is -1.48. The summed E-state index contributed by atoms with van der Waals surface area (Å²) in [5.74, 6) is 0. The molecule has 0 fully saturated rings. The zero-order valence-electron chi connectivity index (χ0n) is 18.5. The molecule has 0 aliphatic heterocycles. The van der Waals surface area contributed by atoms with Gasteiger partial charge in [0.1, 0.15) is 11.2 Å². The van der Waals surface area contributed by atoms with Crippen LogP contribution in [0.5, 0.6) is 0 Å². The Morgan fingerprint density at radius 1 is 0.966 bits per heavy atom. The van der Waals surface area contributed by atoms with Crippen molar-refractivity contribution in [2.45, 2.75) is 27.1 Å². The Balaban J connectivity index is 1.65. The molecule has 6 aromatic rings. The molecule has 0 unspecified atom stereocenters. The Bertz CT molecular complexity index is 1600. The first-order valence-electron chi connectivity index (χ1n) is 10.8. The molecule has 0 N–H and O–H groups in total. The van der Waals surface area contributed by atoms with Gasteiger partial charge >= 0.3 is 0 Å². The maximum atomic E-state index is 8.67. The summed E-state index contributed by atoms with van der Waals surface area (Å²) in [6.07, 6.45) is 0.219. The number of hydrogen-bond donors (Lipinski definition) is 0. The van der Waals surface area contributed by atoms with E-state index in [9.17, 15) is 0 Å². The highest BCUT2D eigenvalue weighted by molar-refractivity contribution is 7.26. The second kappa shape index (κ2) is 5.80. The van der Waals surface area contributed by atoms with E-state index in [1.165, 1.54) is 20.2 Å². The molecule has 3 aromatic carbocycles. The third-order valence-electron chi connectivity index (χ3n) is 5.31. The number of furan rings is 1. The molecule has 3 heteroatoms. The molecular weight excluding hydrogens is 374 g/mol. The fourth-order valence-electron chi connectivity index (χ4n) is 4.22. The number of thiophene rings is 1. The Morgan fingerprint density at radius 3 is 2.66 bits per heavy atom. The normalized spacial score (nSPS) is 14.3. The van der Waals surface area contributed by atoms with Crippen LogP contribution in [0.2, 0.25) is 0 Å². The summed E-state index contributed by atoms with van der Waals surface area (Å²) in [5.41, 5.74) is 3.49. The number of hydrogen-bond acceptors (Lipinski definition) is 3. The maximum Gasteiger partial charge on any atom is 0.146 e. The van der Waals surface area contributed by atoms with E-state index in [0.29, 0.717) is 5.56 Å². The summed E-state index contributed by atoms with van der Waals surface area (Å²) < 4.78 is 26.3. The molecule has 0 amide bonds. The van der Waals surface area contributed by atoms with Crippen LogP contribution in [0.1, 0.15) is 29.1 Å². The Kier molecular flexibility index (Phi) is 3.00. The Morgan fingerprint density at radius 2 is 1.79 bits per heavy atom. The second-order valence-corrected chi connectivity index (χ2v) is 9.71. The van der Waals surface area contributed by atoms with Crippen LogP contribution in [-0.4, -0.2) is 4.98 Å². The van der Waals surface area contributed by atoms with Crippen LogP contribution >= 0.6 is 11.3 Å². The molecule has 3 heterocycles. The lowest BCUT2D eigenvalue weighted by molar-refractivity contribution is 0.411. The molecule has 0 radical (unpaired) electrons. The highest BCUT2D eigenvalue weighted by Crippen LogP contribution is 2.47. The first-order valence-corrected chi connectivity index (χ1v) is 10.6. The van der Waals surface area contributed by atoms with E-state index in [2.05, 4.69) is 41.4 Å². The van der Waals surface area contributed by atoms with E-state index in [1.54, 1.807) is 23.6 Å². The molecule has 29 heavy (non-hydrogen) atoms. The van der Waals surface area contributed by atoms with Gasteiger partial charge in [0, 0.05) is 40.1 Å². The van der Waals surface area contributed by atoms with Crippen LogP contribution in [0.25, 0.3) is 53.4 Å². The van der Waals surface area contributed by atoms with Crippen LogP contribution in [-0.2, 0) is 6.37 Å². The third-order valence-corrected chi connectivity index (χ3v) is 6.42. The van der Waals surface area contributed by atoms with Gasteiger partial charge in [-0.15, -0.1) is 11.3 Å². The summed E-state index contributed by atoms with van der Waals surface area (Å²) in [6.45, 7) is 5.77. The van der Waals surface area contributed by atoms with Crippen molar-refractivity contribution >= 4 is 53.4 Å². The molecule has 0 atom stereocenters. The van der Waals surface area contributed by atoms with Crippen molar-refractivity contribution in [3.05, 3.63) is 66.4 Å². The van der Waals surface area contributed by atoms with E-state index in [-0.39, 0.29) is 0 Å². The highest BCUT2D eigenvalue weighted by atomic mass is 32.1. The van der Waals surface area contributed by atoms with Gasteiger partial charge < -0.3 is 4.42 Å². The van der Waals surface area contributed by atoms with E-state index in [4.69, 9.17) is 7.16 Å². The number of pyridine rings is 1. The first kappa shape index (κ1) is 15.0. The minimum Gasteiger partial charge on any atom is -0.455 e. The van der Waals surface area contributed by atoms with Gasteiger partial charge in [0.25, 0.3) is 0 Å². The summed E-state index contributed by atoms with van der Waals surface area (Å²) in [6, 6.07) is 18.4. The average Bonchev–Trinajstić information content (AvgIpc) is 3.32. The standard InChI is InChI=1S/C26H21NOS/c1-26(2,3)14-15-10-11-27-19(12-15)18-8-9-20-22-23-21(29-20)13-16-6-4-5-7-17(16)24(23)28-25(18)22/h4-13H,14H2,1-3H3/i14D2. The summed E-state index contributed by atoms with van der Waals surface area (Å²) in [5, 5.41) is 4.61. The van der Waals surface area contributed by atoms with E-state index in [0.717, 1.165) is 33.2 Å². The zero-order chi connectivity index (χ0) is 21.5. The number of nitrogens with zero attached hydrogens (tertiary/aromatic N) is 1. The molecule has 0 saturated carbocycles. The first-order chi connectivity index (χ1) is 14.8. The van der Waals surface area contributed by atoms with E-state index >= 15 is 0 Å². The fourth-order valence-corrected chi connectivity index (χ4v) is 5.37. The van der Waals surface area contributed by atoms with Crippen LogP contribution in [0.4, 0.5) is 0 Å². The molecule has 2 nitrogen and oxygen atoms in total. The number of aromatic nitrogens is 1. The quantitative estimate of drug-likeness (QED) is 0.295. The molecular formula is C26H21NOS. The van der Waals surface area contributed by atoms with Gasteiger partial charge in [-0.25, -0.2) is 0 Å². The topological polar surface area (TPSA) is 26.0 Å². The van der Waals surface area contributed by atoms with Crippen molar-refractivity contribution < 1.29 is 7.16 Å². The SMILES string of the molecule is [2H]C([2H])(c1ccnc(-c2ccc3sc4cc5ccccc5c5oc2c3c45)c1)C(C)(C)C. The minimum absolute atomic E-state index is 0.530. The lowest BCUT2D eigenvalue weighted by Crippen LogP contribution is -2.09. The average molecular weight is 398 g/mol. The molecule has 0 spiro atoms. The van der Waals surface area contributed by atoms with Crippen LogP contribution in [0, 0.1) is 5.41 Å². The summed E-state index contributed by atoms with van der Waals surface area (Å²) >= 11 is 1.79. The lowest BCUT2D eigenvalue weighted by atomic mass is 9.88. The predicted octanol–water partition coefficient (Wildman–Crippen LogP) is 8.04. The molecule has 3 aromatic heterocycles. The van der Waals surface area contributed by atoms with Crippen molar-refractivity contribution in [3.8, 4) is 11.3 Å². The predicted molar refractivity (Wildman–Crippen MR) is 124 cm³/mol. The van der Waals surface area contributed by atoms with Gasteiger partial charge in [0.15, 0.2) is 0 Å². The van der Waals surface area contributed by atoms with E-state index < -0.39 is 11.8 Å². The Labute approximate surface area is 175 Å². The number of rotatable bonds is 2. The molecule has 0 aliphatic rings. The van der Waals surface area contributed by atoms with Gasteiger partial charge in [0.05, 0.1) is 5.69 Å². The van der Waals surface area contributed by atoms with Gasteiger partial charge in [-0.05, 0) is 53.1 Å². The van der Waals surface area contributed by atoms with Crippen LogP contribution in [0.15, 0.2) is 65.2 Å². The Hall–Kier alpha value is -2.91. The van der Waals surface area contributed by atoms with Crippen molar-refractivity contribution in [1.29, 1.82) is 0 Å². The van der Waals surface area contributed by atoms with Crippen molar-refractivity contribution in [2.75, 3.05) is 0 Å². The van der Waals surface area contributed by atoms with Crippen molar-refractivity contribution in [1.82, 2.24) is 4.98 Å². The largest absolute Gasteiger partial charge is 0.455 e. The summed E-state index contributed by atoms with van der Waals surface area (Å²) in [4.78, 5) is 4.60. The van der Waals surface area contributed by atoms with Crippen LogP contribution < -0.4 is 0 Å². The molecule has 0 saturated heterocycles. The number of benzene rings is 3. The monoisotopic (exact) mass is 397 g/mol. The van der Waals surface area contributed by atoms with Crippen molar-refractivity contribution in [2.24, 2.45) is 5.41 Å². The molecule has 6 rings (SSSR count). The zero-order valence-corrected chi connectivity index (χ0v) is 17.4. The fraction of sp³-hybridized carbons (Fsp3) is 0.192. The molecule has 0 aliphatic carbocycles. The van der Waals surface area contributed by atoms with Gasteiger partial charge in [-0.2, -0.15) is 0 Å². The van der Waals surface area contributed by atoms with Crippen molar-refractivity contribution in [3.63, 3.8) is 0 Å². The van der Waals surface area contributed by atoms with Crippen LogP contribution in [0.3, 0.4) is 0 Å². The number of fused-ring (bicyclic) bond motifs is 2. The third kappa shape index (κ3) is 2.57. The van der Waals surface area contributed by atoms with Gasteiger partial charge in [0.2, 0.25) is 0 Å². The maximum absolute atomic E-state index is 8.67. The molecule has 142 valence electrons. The summed E-state index contributed by atoms with van der Waals surface area (Å²) in [7, 11) is 0. The highest BCUT2D eigenvalue weighted by Gasteiger charge is 2.22. The lowest BCUT2D eigenvalue weighted by Gasteiger charge is -2.18. The smallest absolute Gasteiger partial charge is 0.146 e. The van der Waals surface area contributed by atoms with Gasteiger partial charge in [-0.3, -0.25) is 4.98 Å². The second-order valence-electron chi connectivity index (χ2n) is 8.62. The molecule has 0 bridgehead atoms.